The smallest absolute Gasteiger partial charge is 0.303 e. The van der Waals surface area contributed by atoms with E-state index in [1.165, 1.54) is 0 Å². The number of rotatable bonds is 8. The Morgan fingerprint density at radius 2 is 2.12 bits per heavy atom. The molecule has 6 nitrogen and oxygen atoms in total. The predicted molar refractivity (Wildman–Crippen MR) is 98.8 cm³/mol. The molecule has 6 heteroatoms. The van der Waals surface area contributed by atoms with Gasteiger partial charge in [-0.2, -0.15) is 0 Å². The van der Waals surface area contributed by atoms with Crippen molar-refractivity contribution < 1.29 is 24.2 Å². The van der Waals surface area contributed by atoms with Gasteiger partial charge in [-0.15, -0.1) is 0 Å². The van der Waals surface area contributed by atoms with E-state index in [1.54, 1.807) is 25.3 Å². The molecule has 1 saturated heterocycles. The lowest BCUT2D eigenvalue weighted by Gasteiger charge is -2.33. The molecule has 2 rings (SSSR count). The maximum Gasteiger partial charge on any atom is 0.303 e. The lowest BCUT2D eigenvalue weighted by Crippen LogP contribution is -2.40. The van der Waals surface area contributed by atoms with Gasteiger partial charge in [0.1, 0.15) is 11.5 Å². The second kappa shape index (κ2) is 9.46. The number of benzene rings is 1. The first-order valence-electron chi connectivity index (χ1n) is 9.22. The maximum absolute atomic E-state index is 13.0. The Morgan fingerprint density at radius 3 is 2.77 bits per heavy atom. The number of likely N-dealkylation sites (tertiary alicyclic amines) is 1. The van der Waals surface area contributed by atoms with E-state index < -0.39 is 5.97 Å². The van der Waals surface area contributed by atoms with E-state index in [0.717, 1.165) is 12.8 Å². The van der Waals surface area contributed by atoms with Crippen molar-refractivity contribution in [2.24, 2.45) is 11.8 Å². The lowest BCUT2D eigenvalue weighted by molar-refractivity contribution is -0.137. The summed E-state index contributed by atoms with van der Waals surface area (Å²) in [5.74, 6) is 0.926. The normalized spacial score (nSPS) is 17.2. The summed E-state index contributed by atoms with van der Waals surface area (Å²) in [6.45, 7) is 5.92. The Hall–Kier alpha value is -2.24. The monoisotopic (exact) mass is 363 g/mol. The van der Waals surface area contributed by atoms with Crippen molar-refractivity contribution >= 4 is 11.9 Å². The number of piperidine rings is 1. The highest BCUT2D eigenvalue weighted by Gasteiger charge is 2.27. The zero-order valence-electron chi connectivity index (χ0n) is 15.9. The SMILES string of the molecule is COc1ccc(C(=O)N2CCCC(CCC(=O)O)C2)c(OCC(C)C)c1. The largest absolute Gasteiger partial charge is 0.497 e. The molecule has 1 amide bonds. The highest BCUT2D eigenvalue weighted by atomic mass is 16.5. The van der Waals surface area contributed by atoms with Crippen molar-refractivity contribution in [3.8, 4) is 11.5 Å². The summed E-state index contributed by atoms with van der Waals surface area (Å²) in [6, 6.07) is 5.26. The van der Waals surface area contributed by atoms with Crippen LogP contribution in [-0.2, 0) is 4.79 Å². The van der Waals surface area contributed by atoms with Gasteiger partial charge in [0.25, 0.3) is 5.91 Å². The van der Waals surface area contributed by atoms with Crippen molar-refractivity contribution in [3.63, 3.8) is 0 Å². The number of methoxy groups -OCH3 is 1. The topological polar surface area (TPSA) is 76.1 Å². The van der Waals surface area contributed by atoms with Crippen LogP contribution in [0.4, 0.5) is 0 Å². The van der Waals surface area contributed by atoms with Gasteiger partial charge in [0.2, 0.25) is 0 Å². The van der Waals surface area contributed by atoms with Crippen LogP contribution < -0.4 is 9.47 Å². The number of aliphatic carboxylic acids is 1. The van der Waals surface area contributed by atoms with E-state index >= 15 is 0 Å². The molecule has 0 radical (unpaired) electrons. The molecule has 1 atom stereocenters. The van der Waals surface area contributed by atoms with E-state index in [1.807, 2.05) is 4.90 Å². The highest BCUT2D eigenvalue weighted by Crippen LogP contribution is 2.29. The van der Waals surface area contributed by atoms with Crippen LogP contribution in [0.2, 0.25) is 0 Å². The number of hydrogen-bond donors (Lipinski definition) is 1. The van der Waals surface area contributed by atoms with Crippen LogP contribution in [0.3, 0.4) is 0 Å². The van der Waals surface area contributed by atoms with Crippen molar-refractivity contribution in [1.29, 1.82) is 0 Å². The Bertz CT molecular complexity index is 629. The number of ether oxygens (including phenoxy) is 2. The van der Waals surface area contributed by atoms with E-state index in [2.05, 4.69) is 13.8 Å². The number of carbonyl (C=O) groups is 2. The van der Waals surface area contributed by atoms with Gasteiger partial charge in [-0.25, -0.2) is 0 Å². The summed E-state index contributed by atoms with van der Waals surface area (Å²) in [5, 5.41) is 8.88. The van der Waals surface area contributed by atoms with Gasteiger partial charge in [0.15, 0.2) is 0 Å². The van der Waals surface area contributed by atoms with Gasteiger partial charge in [-0.05, 0) is 43.2 Å². The van der Waals surface area contributed by atoms with Gasteiger partial charge < -0.3 is 19.5 Å². The summed E-state index contributed by atoms with van der Waals surface area (Å²) in [7, 11) is 1.58. The van der Waals surface area contributed by atoms with Gasteiger partial charge >= 0.3 is 5.97 Å². The molecule has 1 aromatic rings. The molecular weight excluding hydrogens is 334 g/mol. The van der Waals surface area contributed by atoms with E-state index in [0.29, 0.717) is 49.1 Å². The van der Waals surface area contributed by atoms with Crippen LogP contribution >= 0.6 is 0 Å². The van der Waals surface area contributed by atoms with Gasteiger partial charge in [0.05, 0.1) is 19.3 Å². The first-order chi connectivity index (χ1) is 12.4. The van der Waals surface area contributed by atoms with Gasteiger partial charge in [0, 0.05) is 25.6 Å². The van der Waals surface area contributed by atoms with Crippen LogP contribution in [0, 0.1) is 11.8 Å². The molecule has 1 aliphatic heterocycles. The van der Waals surface area contributed by atoms with Crippen molar-refractivity contribution in [3.05, 3.63) is 23.8 Å². The fourth-order valence-corrected chi connectivity index (χ4v) is 3.17. The molecule has 0 spiro atoms. The van der Waals surface area contributed by atoms with E-state index in [4.69, 9.17) is 14.6 Å². The Labute approximate surface area is 155 Å². The average Bonchev–Trinajstić information content (AvgIpc) is 2.64. The molecule has 0 saturated carbocycles. The molecule has 1 unspecified atom stereocenters. The van der Waals surface area contributed by atoms with Gasteiger partial charge in [-0.1, -0.05) is 13.8 Å². The first kappa shape index (κ1) is 20.1. The number of carboxylic acid groups (broad SMARTS) is 1. The number of amides is 1. The quantitative estimate of drug-likeness (QED) is 0.765. The summed E-state index contributed by atoms with van der Waals surface area (Å²) < 4.78 is 11.1. The second-order valence-corrected chi connectivity index (χ2v) is 7.26. The van der Waals surface area contributed by atoms with Crippen LogP contribution in [0.25, 0.3) is 0 Å². The molecular formula is C20H29NO5. The molecule has 0 bridgehead atoms. The third-order valence-corrected chi connectivity index (χ3v) is 4.56. The third-order valence-electron chi connectivity index (χ3n) is 4.56. The molecule has 144 valence electrons. The van der Waals surface area contributed by atoms with Crippen molar-refractivity contribution in [2.75, 3.05) is 26.8 Å². The van der Waals surface area contributed by atoms with Crippen molar-refractivity contribution in [2.45, 2.75) is 39.5 Å². The number of carboxylic acids is 1. The molecule has 1 N–H and O–H groups in total. The van der Waals surface area contributed by atoms with Crippen molar-refractivity contribution in [1.82, 2.24) is 4.90 Å². The van der Waals surface area contributed by atoms with Crippen LogP contribution in [0.1, 0.15) is 49.9 Å². The maximum atomic E-state index is 13.0. The standard InChI is InChI=1S/C20H29NO5/c1-14(2)13-26-18-11-16(25-3)7-8-17(18)20(24)21-10-4-5-15(12-21)6-9-19(22)23/h7-8,11,14-15H,4-6,9-10,12-13H2,1-3H3,(H,22,23). The fraction of sp³-hybridized carbons (Fsp3) is 0.600. The van der Waals surface area contributed by atoms with Crippen LogP contribution in [0.5, 0.6) is 11.5 Å². The second-order valence-electron chi connectivity index (χ2n) is 7.26. The van der Waals surface area contributed by atoms with E-state index in [9.17, 15) is 9.59 Å². The Morgan fingerprint density at radius 1 is 1.35 bits per heavy atom. The molecule has 0 aromatic heterocycles. The number of nitrogens with zero attached hydrogens (tertiary/aromatic N) is 1. The van der Waals surface area contributed by atoms with Gasteiger partial charge in [-0.3, -0.25) is 9.59 Å². The molecule has 1 fully saturated rings. The summed E-state index contributed by atoms with van der Waals surface area (Å²) in [6.07, 6.45) is 2.63. The molecule has 1 aromatic carbocycles. The van der Waals surface area contributed by atoms with Crippen LogP contribution in [-0.4, -0.2) is 48.7 Å². The number of hydrogen-bond acceptors (Lipinski definition) is 4. The first-order valence-corrected chi connectivity index (χ1v) is 9.22. The molecule has 1 aliphatic rings. The number of carbonyl (C=O) groups excluding carboxylic acids is 1. The minimum absolute atomic E-state index is 0.0635. The highest BCUT2D eigenvalue weighted by molar-refractivity contribution is 5.97. The molecule has 1 heterocycles. The zero-order valence-corrected chi connectivity index (χ0v) is 15.9. The lowest BCUT2D eigenvalue weighted by atomic mass is 9.93. The zero-order chi connectivity index (χ0) is 19.1. The van der Waals surface area contributed by atoms with Crippen LogP contribution in [0.15, 0.2) is 18.2 Å². The molecule has 0 aliphatic carbocycles. The fourth-order valence-electron chi connectivity index (χ4n) is 3.17. The summed E-state index contributed by atoms with van der Waals surface area (Å²) in [5.41, 5.74) is 0.533. The summed E-state index contributed by atoms with van der Waals surface area (Å²) >= 11 is 0. The minimum Gasteiger partial charge on any atom is -0.497 e. The summed E-state index contributed by atoms with van der Waals surface area (Å²) in [4.78, 5) is 25.7. The van der Waals surface area contributed by atoms with E-state index in [-0.39, 0.29) is 18.2 Å². The Kier molecular flexibility index (Phi) is 7.30. The minimum atomic E-state index is -0.784. The predicted octanol–water partition coefficient (Wildman–Crippen LogP) is 3.45. The molecule has 26 heavy (non-hydrogen) atoms. The average molecular weight is 363 g/mol. The Balaban J connectivity index is 2.12. The third kappa shape index (κ3) is 5.64.